The smallest absolute Gasteiger partial charge is 0.168 e. The molecule has 1 heterocycles. The Morgan fingerprint density at radius 2 is 2.00 bits per heavy atom. The molecule has 0 unspecified atom stereocenters. The summed E-state index contributed by atoms with van der Waals surface area (Å²) in [5.41, 5.74) is 7.41. The van der Waals surface area contributed by atoms with Crippen LogP contribution in [0.4, 0.5) is 0 Å². The van der Waals surface area contributed by atoms with E-state index in [-0.39, 0.29) is 5.78 Å². The van der Waals surface area contributed by atoms with Crippen molar-refractivity contribution in [3.05, 3.63) is 56.2 Å². The van der Waals surface area contributed by atoms with E-state index < -0.39 is 0 Å². The number of halogens is 1. The van der Waals surface area contributed by atoms with E-state index in [1.807, 2.05) is 36.4 Å². The van der Waals surface area contributed by atoms with E-state index in [0.717, 1.165) is 26.2 Å². The third-order valence-electron chi connectivity index (χ3n) is 2.70. The minimum atomic E-state index is 0.161. The summed E-state index contributed by atoms with van der Waals surface area (Å²) in [7, 11) is 0. The zero-order valence-corrected chi connectivity index (χ0v) is 12.3. The van der Waals surface area contributed by atoms with E-state index in [2.05, 4.69) is 15.9 Å². The zero-order valence-electron chi connectivity index (χ0n) is 9.86. The van der Waals surface area contributed by atoms with E-state index in [1.54, 1.807) is 11.3 Å². The van der Waals surface area contributed by atoms with Crippen molar-refractivity contribution in [2.45, 2.75) is 12.8 Å². The Hall–Kier alpha value is -0.970. The molecule has 0 bridgehead atoms. The number of hydrogen-bond acceptors (Lipinski definition) is 3. The van der Waals surface area contributed by atoms with Crippen molar-refractivity contribution in [2.24, 2.45) is 5.73 Å². The number of Topliss-reactive ketones (excluding diaryl/α,β-unsaturated/α-hetero) is 1. The van der Waals surface area contributed by atoms with E-state index >= 15 is 0 Å². The Kier molecular flexibility index (Phi) is 4.69. The van der Waals surface area contributed by atoms with Crippen LogP contribution in [0.15, 0.2) is 40.2 Å². The van der Waals surface area contributed by atoms with Crippen molar-refractivity contribution in [1.29, 1.82) is 0 Å². The number of carbonyl (C=O) groups excluding carboxylic acids is 1. The second kappa shape index (κ2) is 6.27. The molecular weight excluding hydrogens is 310 g/mol. The summed E-state index contributed by atoms with van der Waals surface area (Å²) in [6.07, 6.45) is 1.20. The van der Waals surface area contributed by atoms with Gasteiger partial charge in [-0.15, -0.1) is 11.3 Å². The lowest BCUT2D eigenvalue weighted by atomic mass is 9.99. The first-order valence-corrected chi connectivity index (χ1v) is 7.37. The second-order valence-corrected chi connectivity index (χ2v) is 6.55. The SMILES string of the molecule is NCCc1ccccc1C(=O)Cc1ccc(Br)s1. The lowest BCUT2D eigenvalue weighted by Crippen LogP contribution is -2.10. The maximum Gasteiger partial charge on any atom is 0.168 e. The molecule has 94 valence electrons. The second-order valence-electron chi connectivity index (χ2n) is 4.00. The lowest BCUT2D eigenvalue weighted by Gasteiger charge is -2.06. The molecule has 0 aliphatic carbocycles. The van der Waals surface area contributed by atoms with Gasteiger partial charge < -0.3 is 5.73 Å². The lowest BCUT2D eigenvalue weighted by molar-refractivity contribution is 0.0993. The molecule has 1 aromatic heterocycles. The molecule has 0 aliphatic rings. The fourth-order valence-electron chi connectivity index (χ4n) is 1.87. The zero-order chi connectivity index (χ0) is 13.0. The third kappa shape index (κ3) is 3.28. The average molecular weight is 324 g/mol. The molecule has 2 aromatic rings. The van der Waals surface area contributed by atoms with Gasteiger partial charge in [0.05, 0.1) is 3.79 Å². The Balaban J connectivity index is 2.18. The number of ketones is 1. The van der Waals surface area contributed by atoms with Crippen LogP contribution in [0, 0.1) is 0 Å². The summed E-state index contributed by atoms with van der Waals surface area (Å²) in [6.45, 7) is 0.564. The highest BCUT2D eigenvalue weighted by Gasteiger charge is 2.12. The predicted octanol–water partition coefficient (Wildman–Crippen LogP) is 3.44. The van der Waals surface area contributed by atoms with Gasteiger partial charge in [-0.2, -0.15) is 0 Å². The van der Waals surface area contributed by atoms with Crippen molar-refractivity contribution in [1.82, 2.24) is 0 Å². The van der Waals surface area contributed by atoms with Gasteiger partial charge in [0, 0.05) is 16.9 Å². The van der Waals surface area contributed by atoms with Crippen LogP contribution in [0.2, 0.25) is 0 Å². The first-order valence-electron chi connectivity index (χ1n) is 5.76. The van der Waals surface area contributed by atoms with Crippen molar-refractivity contribution >= 4 is 33.0 Å². The third-order valence-corrected chi connectivity index (χ3v) is 4.32. The van der Waals surface area contributed by atoms with Crippen LogP contribution in [0.1, 0.15) is 20.8 Å². The van der Waals surface area contributed by atoms with Crippen LogP contribution < -0.4 is 5.73 Å². The van der Waals surface area contributed by atoms with Gasteiger partial charge in [-0.25, -0.2) is 0 Å². The van der Waals surface area contributed by atoms with Crippen LogP contribution in [0.25, 0.3) is 0 Å². The molecule has 18 heavy (non-hydrogen) atoms. The van der Waals surface area contributed by atoms with Crippen molar-refractivity contribution in [2.75, 3.05) is 6.54 Å². The minimum absolute atomic E-state index is 0.161. The van der Waals surface area contributed by atoms with Crippen molar-refractivity contribution < 1.29 is 4.79 Å². The molecule has 0 amide bonds. The van der Waals surface area contributed by atoms with Gasteiger partial charge in [-0.3, -0.25) is 4.79 Å². The van der Waals surface area contributed by atoms with Gasteiger partial charge >= 0.3 is 0 Å². The quantitative estimate of drug-likeness (QED) is 0.856. The molecule has 0 spiro atoms. The standard InChI is InChI=1S/C14H14BrNOS/c15-14-6-5-11(18-14)9-13(17)12-4-2-1-3-10(12)7-8-16/h1-6H,7-9,16H2. The Labute approximate surface area is 119 Å². The summed E-state index contributed by atoms with van der Waals surface area (Å²) in [5, 5.41) is 0. The molecule has 2 N–H and O–H groups in total. The van der Waals surface area contributed by atoms with Crippen LogP contribution in [0.5, 0.6) is 0 Å². The largest absolute Gasteiger partial charge is 0.330 e. The molecule has 1 aromatic carbocycles. The van der Waals surface area contributed by atoms with Crippen LogP contribution in [-0.4, -0.2) is 12.3 Å². The summed E-state index contributed by atoms with van der Waals surface area (Å²) < 4.78 is 1.06. The molecular formula is C14H14BrNOS. The summed E-state index contributed by atoms with van der Waals surface area (Å²) in [6, 6.07) is 11.7. The average Bonchev–Trinajstić information content (AvgIpc) is 2.76. The highest BCUT2D eigenvalue weighted by molar-refractivity contribution is 9.11. The van der Waals surface area contributed by atoms with Gasteiger partial charge in [-0.05, 0) is 46.6 Å². The van der Waals surface area contributed by atoms with Crippen molar-refractivity contribution in [3.8, 4) is 0 Å². The Morgan fingerprint density at radius 3 is 2.67 bits per heavy atom. The summed E-state index contributed by atoms with van der Waals surface area (Å²) >= 11 is 5.01. The van der Waals surface area contributed by atoms with E-state index in [1.165, 1.54) is 0 Å². The first-order chi connectivity index (χ1) is 8.70. The number of thiophene rings is 1. The summed E-state index contributed by atoms with van der Waals surface area (Å²) in [4.78, 5) is 13.3. The molecule has 0 aliphatic heterocycles. The van der Waals surface area contributed by atoms with Gasteiger partial charge in [0.1, 0.15) is 0 Å². The topological polar surface area (TPSA) is 43.1 Å². The number of rotatable bonds is 5. The first kappa shape index (κ1) is 13.5. The highest BCUT2D eigenvalue weighted by Crippen LogP contribution is 2.24. The highest BCUT2D eigenvalue weighted by atomic mass is 79.9. The minimum Gasteiger partial charge on any atom is -0.330 e. The maximum atomic E-state index is 12.3. The number of carbonyl (C=O) groups is 1. The van der Waals surface area contributed by atoms with Crippen LogP contribution in [-0.2, 0) is 12.8 Å². The fraction of sp³-hybridized carbons (Fsp3) is 0.214. The predicted molar refractivity (Wildman–Crippen MR) is 79.3 cm³/mol. The molecule has 2 rings (SSSR count). The van der Waals surface area contributed by atoms with Gasteiger partial charge in [0.15, 0.2) is 5.78 Å². The van der Waals surface area contributed by atoms with Crippen LogP contribution in [0.3, 0.4) is 0 Å². The summed E-state index contributed by atoms with van der Waals surface area (Å²) in [5.74, 6) is 0.161. The van der Waals surface area contributed by atoms with Gasteiger partial charge in [0.2, 0.25) is 0 Å². The Bertz CT molecular complexity index is 550. The number of nitrogens with two attached hydrogens (primary N) is 1. The monoisotopic (exact) mass is 323 g/mol. The van der Waals surface area contributed by atoms with Crippen LogP contribution >= 0.6 is 27.3 Å². The molecule has 0 fully saturated rings. The molecule has 0 saturated heterocycles. The van der Waals surface area contributed by atoms with Gasteiger partial charge in [-0.1, -0.05) is 24.3 Å². The maximum absolute atomic E-state index is 12.3. The number of hydrogen-bond donors (Lipinski definition) is 1. The fourth-order valence-corrected chi connectivity index (χ4v) is 3.35. The van der Waals surface area contributed by atoms with Gasteiger partial charge in [0.25, 0.3) is 0 Å². The molecule has 0 atom stereocenters. The normalized spacial score (nSPS) is 10.6. The van der Waals surface area contributed by atoms with E-state index in [9.17, 15) is 4.79 Å². The Morgan fingerprint density at radius 1 is 1.22 bits per heavy atom. The molecule has 4 heteroatoms. The van der Waals surface area contributed by atoms with E-state index in [4.69, 9.17) is 5.73 Å². The number of benzene rings is 1. The van der Waals surface area contributed by atoms with Crippen molar-refractivity contribution in [3.63, 3.8) is 0 Å². The molecule has 2 nitrogen and oxygen atoms in total. The molecule has 0 saturated carbocycles. The molecule has 0 radical (unpaired) electrons. The van der Waals surface area contributed by atoms with E-state index in [0.29, 0.717) is 13.0 Å².